The molecule has 1 saturated carbocycles. The number of aromatic nitrogens is 3. The lowest BCUT2D eigenvalue weighted by Gasteiger charge is -2.00. The van der Waals surface area contributed by atoms with Gasteiger partial charge in [0, 0.05) is 6.42 Å². The van der Waals surface area contributed by atoms with Crippen LogP contribution in [0.15, 0.2) is 12.1 Å². The van der Waals surface area contributed by atoms with Crippen molar-refractivity contribution in [3.05, 3.63) is 28.7 Å². The van der Waals surface area contributed by atoms with Crippen molar-refractivity contribution >= 4 is 17.2 Å². The summed E-state index contributed by atoms with van der Waals surface area (Å²) in [6.45, 7) is 4.43. The van der Waals surface area contributed by atoms with E-state index in [-0.39, 0.29) is 0 Å². The van der Waals surface area contributed by atoms with Crippen LogP contribution in [0.2, 0.25) is 5.15 Å². The molecule has 0 bridgehead atoms. The molecule has 18 heavy (non-hydrogen) atoms. The Balaban J connectivity index is 1.92. The highest BCUT2D eigenvalue weighted by Gasteiger charge is 2.25. The van der Waals surface area contributed by atoms with Gasteiger partial charge in [-0.1, -0.05) is 25.4 Å². The summed E-state index contributed by atoms with van der Waals surface area (Å²) < 4.78 is 1.75. The second-order valence-corrected chi connectivity index (χ2v) is 6.00. The second kappa shape index (κ2) is 4.54. The summed E-state index contributed by atoms with van der Waals surface area (Å²) in [6.07, 6.45) is 4.60. The number of fused-ring (bicyclic) bond motifs is 1. The monoisotopic (exact) mass is 263 g/mol. The van der Waals surface area contributed by atoms with Crippen molar-refractivity contribution in [3.8, 4) is 0 Å². The van der Waals surface area contributed by atoms with Crippen LogP contribution < -0.4 is 0 Å². The average molecular weight is 264 g/mol. The van der Waals surface area contributed by atoms with Gasteiger partial charge >= 0.3 is 0 Å². The fourth-order valence-electron chi connectivity index (χ4n) is 2.18. The number of pyridine rings is 1. The molecular weight excluding hydrogens is 246 g/mol. The van der Waals surface area contributed by atoms with E-state index < -0.39 is 0 Å². The highest BCUT2D eigenvalue weighted by Crippen LogP contribution is 2.41. The van der Waals surface area contributed by atoms with E-state index in [1.165, 1.54) is 18.4 Å². The van der Waals surface area contributed by atoms with Gasteiger partial charge in [-0.25, -0.2) is 9.50 Å². The van der Waals surface area contributed by atoms with Crippen LogP contribution in [-0.2, 0) is 6.42 Å². The predicted molar refractivity (Wildman–Crippen MR) is 73.1 cm³/mol. The zero-order valence-corrected chi connectivity index (χ0v) is 11.6. The number of hydrogen-bond donors (Lipinski definition) is 0. The molecule has 1 fully saturated rings. The molecule has 1 aliphatic carbocycles. The molecule has 0 spiro atoms. The SMILES string of the molecule is CC(C)CCc1nc2cc(C3CC3)cc(Cl)n2n1. The average Bonchev–Trinajstić information content (AvgIpc) is 3.07. The summed E-state index contributed by atoms with van der Waals surface area (Å²) in [5.41, 5.74) is 2.21. The molecule has 96 valence electrons. The Morgan fingerprint density at radius 3 is 2.83 bits per heavy atom. The Kier molecular flexibility index (Phi) is 3.02. The van der Waals surface area contributed by atoms with Crippen molar-refractivity contribution in [1.29, 1.82) is 0 Å². The fraction of sp³-hybridized carbons (Fsp3) is 0.571. The minimum absolute atomic E-state index is 0.675. The van der Waals surface area contributed by atoms with Crippen molar-refractivity contribution in [2.24, 2.45) is 5.92 Å². The number of rotatable bonds is 4. The van der Waals surface area contributed by atoms with Gasteiger partial charge in [-0.05, 0) is 48.8 Å². The summed E-state index contributed by atoms with van der Waals surface area (Å²) in [4.78, 5) is 4.58. The van der Waals surface area contributed by atoms with Crippen LogP contribution in [0, 0.1) is 5.92 Å². The van der Waals surface area contributed by atoms with Gasteiger partial charge in [0.25, 0.3) is 0 Å². The Morgan fingerprint density at radius 2 is 2.17 bits per heavy atom. The molecule has 0 N–H and O–H groups in total. The molecule has 2 aromatic heterocycles. The topological polar surface area (TPSA) is 30.2 Å². The molecule has 0 amide bonds. The molecule has 2 heterocycles. The lowest BCUT2D eigenvalue weighted by molar-refractivity contribution is 0.574. The molecule has 1 aliphatic rings. The molecule has 3 rings (SSSR count). The molecule has 2 aromatic rings. The van der Waals surface area contributed by atoms with E-state index in [9.17, 15) is 0 Å². The van der Waals surface area contributed by atoms with Crippen LogP contribution in [0.4, 0.5) is 0 Å². The van der Waals surface area contributed by atoms with E-state index in [4.69, 9.17) is 11.6 Å². The highest BCUT2D eigenvalue weighted by molar-refractivity contribution is 6.29. The normalized spacial score (nSPS) is 15.8. The zero-order valence-electron chi connectivity index (χ0n) is 10.9. The van der Waals surface area contributed by atoms with Crippen LogP contribution in [0.3, 0.4) is 0 Å². The van der Waals surface area contributed by atoms with Crippen molar-refractivity contribution < 1.29 is 0 Å². The number of hydrogen-bond acceptors (Lipinski definition) is 2. The van der Waals surface area contributed by atoms with Crippen LogP contribution in [-0.4, -0.2) is 14.6 Å². The lowest BCUT2D eigenvalue weighted by Crippen LogP contribution is -1.95. The maximum absolute atomic E-state index is 6.27. The standard InChI is InChI=1S/C14H18ClN3/c1-9(2)3-6-13-16-14-8-11(10-4-5-10)7-12(15)18(14)17-13/h7-10H,3-6H2,1-2H3. The molecule has 0 unspecified atom stereocenters. The zero-order chi connectivity index (χ0) is 12.7. The summed E-state index contributed by atoms with van der Waals surface area (Å²) in [6, 6.07) is 4.17. The summed E-state index contributed by atoms with van der Waals surface area (Å²) in [5.74, 6) is 2.27. The number of nitrogens with zero attached hydrogens (tertiary/aromatic N) is 3. The van der Waals surface area contributed by atoms with E-state index in [1.54, 1.807) is 4.52 Å². The van der Waals surface area contributed by atoms with Gasteiger partial charge in [0.15, 0.2) is 11.5 Å². The minimum atomic E-state index is 0.675. The molecule has 3 nitrogen and oxygen atoms in total. The summed E-state index contributed by atoms with van der Waals surface area (Å²) in [7, 11) is 0. The van der Waals surface area contributed by atoms with Gasteiger partial charge in [-0.2, -0.15) is 0 Å². The quantitative estimate of drug-likeness (QED) is 0.785. The van der Waals surface area contributed by atoms with Crippen molar-refractivity contribution in [1.82, 2.24) is 14.6 Å². The summed E-state index contributed by atoms with van der Waals surface area (Å²) in [5, 5.41) is 5.16. The van der Waals surface area contributed by atoms with Gasteiger partial charge < -0.3 is 0 Å². The van der Waals surface area contributed by atoms with E-state index in [2.05, 4.69) is 30.0 Å². The number of halogens is 1. The van der Waals surface area contributed by atoms with Gasteiger partial charge in [0.05, 0.1) is 0 Å². The smallest absolute Gasteiger partial charge is 0.157 e. The van der Waals surface area contributed by atoms with Crippen LogP contribution in [0.25, 0.3) is 5.65 Å². The first-order valence-electron chi connectivity index (χ1n) is 6.68. The van der Waals surface area contributed by atoms with Gasteiger partial charge in [-0.3, -0.25) is 0 Å². The Morgan fingerprint density at radius 1 is 1.39 bits per heavy atom. The van der Waals surface area contributed by atoms with Crippen molar-refractivity contribution in [2.75, 3.05) is 0 Å². The van der Waals surface area contributed by atoms with Crippen molar-refractivity contribution in [3.63, 3.8) is 0 Å². The Labute approximate surface area is 112 Å². The molecule has 0 saturated heterocycles. The molecule has 0 atom stereocenters. The van der Waals surface area contributed by atoms with Crippen LogP contribution in [0.5, 0.6) is 0 Å². The van der Waals surface area contributed by atoms with Crippen LogP contribution >= 0.6 is 11.6 Å². The van der Waals surface area contributed by atoms with E-state index in [0.717, 1.165) is 24.3 Å². The van der Waals surface area contributed by atoms with E-state index >= 15 is 0 Å². The van der Waals surface area contributed by atoms with Gasteiger partial charge in [0.2, 0.25) is 0 Å². The van der Waals surface area contributed by atoms with Gasteiger partial charge in [-0.15, -0.1) is 5.10 Å². The molecule has 0 aliphatic heterocycles. The molecule has 4 heteroatoms. The lowest BCUT2D eigenvalue weighted by atomic mass is 10.1. The molecular formula is C14H18ClN3. The number of aryl methyl sites for hydroxylation is 1. The van der Waals surface area contributed by atoms with Gasteiger partial charge in [0.1, 0.15) is 5.15 Å². The Bertz CT molecular complexity index is 570. The first-order chi connectivity index (χ1) is 8.63. The largest absolute Gasteiger partial charge is 0.212 e. The third-order valence-corrected chi connectivity index (χ3v) is 3.72. The third-order valence-electron chi connectivity index (χ3n) is 3.45. The maximum atomic E-state index is 6.27. The third kappa shape index (κ3) is 2.37. The highest BCUT2D eigenvalue weighted by atomic mass is 35.5. The second-order valence-electron chi connectivity index (χ2n) is 5.62. The van der Waals surface area contributed by atoms with E-state index in [0.29, 0.717) is 17.0 Å². The van der Waals surface area contributed by atoms with Crippen LogP contribution in [0.1, 0.15) is 50.4 Å². The first-order valence-corrected chi connectivity index (χ1v) is 7.06. The van der Waals surface area contributed by atoms with Crippen molar-refractivity contribution in [2.45, 2.75) is 45.4 Å². The predicted octanol–water partition coefficient (Wildman–Crippen LogP) is 3.85. The minimum Gasteiger partial charge on any atom is -0.212 e. The maximum Gasteiger partial charge on any atom is 0.157 e. The summed E-state index contributed by atoms with van der Waals surface area (Å²) >= 11 is 6.27. The first kappa shape index (κ1) is 12.0. The molecule has 0 radical (unpaired) electrons. The van der Waals surface area contributed by atoms with E-state index in [1.807, 2.05) is 6.07 Å². The Hall–Kier alpha value is -1.09. The molecule has 0 aromatic carbocycles. The fourth-order valence-corrected chi connectivity index (χ4v) is 2.44.